The van der Waals surface area contributed by atoms with Crippen molar-refractivity contribution in [3.63, 3.8) is 0 Å². The van der Waals surface area contributed by atoms with Crippen molar-refractivity contribution in [1.82, 2.24) is 14.5 Å². The zero-order valence-electron chi connectivity index (χ0n) is 14.4. The molecule has 0 unspecified atom stereocenters. The quantitative estimate of drug-likeness (QED) is 0.566. The second-order valence-electron chi connectivity index (χ2n) is 5.66. The number of aryl methyl sites for hydroxylation is 2. The molecule has 0 aliphatic rings. The molecule has 1 N–H and O–H groups in total. The van der Waals surface area contributed by atoms with Gasteiger partial charge in [0.25, 0.3) is 0 Å². The van der Waals surface area contributed by atoms with Crippen LogP contribution in [0.3, 0.4) is 0 Å². The lowest BCUT2D eigenvalue weighted by atomic mass is 10.1. The van der Waals surface area contributed by atoms with Crippen LogP contribution in [0.5, 0.6) is 0 Å². The van der Waals surface area contributed by atoms with Gasteiger partial charge in [0.15, 0.2) is 4.34 Å². The number of nitrogens with zero attached hydrogens (tertiary/aromatic N) is 3. The highest BCUT2D eigenvalue weighted by Gasteiger charge is 2.16. The van der Waals surface area contributed by atoms with Crippen molar-refractivity contribution in [3.05, 3.63) is 34.9 Å². The third-order valence-electron chi connectivity index (χ3n) is 3.44. The first kappa shape index (κ1) is 19.8. The number of aromatic nitrogens is 2. The van der Waals surface area contributed by atoms with Crippen LogP contribution < -0.4 is 5.32 Å². The largest absolute Gasteiger partial charge is 0.299 e. The summed E-state index contributed by atoms with van der Waals surface area (Å²) >= 11 is 2.82. The van der Waals surface area contributed by atoms with Crippen LogP contribution in [0.15, 0.2) is 22.5 Å². The van der Waals surface area contributed by atoms with Crippen LogP contribution >= 0.6 is 23.1 Å². The van der Waals surface area contributed by atoms with Crippen molar-refractivity contribution >= 4 is 44.2 Å². The molecule has 0 spiro atoms. The second kappa shape index (κ2) is 8.26. The van der Waals surface area contributed by atoms with Crippen LogP contribution in [0, 0.1) is 13.8 Å². The highest BCUT2D eigenvalue weighted by Crippen LogP contribution is 2.29. The number of hydrogen-bond acceptors (Lipinski definition) is 7. The van der Waals surface area contributed by atoms with Gasteiger partial charge in [-0.2, -0.15) is 4.31 Å². The summed E-state index contributed by atoms with van der Waals surface area (Å²) in [6, 6.07) is 6.32. The van der Waals surface area contributed by atoms with Gasteiger partial charge in [0, 0.05) is 12.8 Å². The average Bonchev–Trinajstić information content (AvgIpc) is 2.94. The monoisotopic (exact) mass is 400 g/mol. The lowest BCUT2D eigenvalue weighted by Gasteiger charge is -2.12. The van der Waals surface area contributed by atoms with Gasteiger partial charge in [0.1, 0.15) is 0 Å². The Morgan fingerprint density at radius 2 is 2.04 bits per heavy atom. The maximum Gasteiger partial charge on any atom is 0.241 e. The summed E-state index contributed by atoms with van der Waals surface area (Å²) in [5.74, 6) is 0.322. The zero-order chi connectivity index (χ0) is 18.6. The SMILES string of the molecule is Cc1ccc(C)c(CSc2nnc(NC(=O)CN(C)S(C)(=O)=O)s2)c1. The molecule has 2 rings (SSSR count). The highest BCUT2D eigenvalue weighted by atomic mass is 32.2. The number of hydrogen-bond donors (Lipinski definition) is 1. The Kier molecular flexibility index (Phi) is 6.55. The molecule has 1 aromatic carbocycles. The van der Waals surface area contributed by atoms with E-state index in [1.54, 1.807) is 11.8 Å². The van der Waals surface area contributed by atoms with E-state index in [9.17, 15) is 13.2 Å². The van der Waals surface area contributed by atoms with E-state index in [4.69, 9.17) is 0 Å². The van der Waals surface area contributed by atoms with Crippen LogP contribution in [0.1, 0.15) is 16.7 Å². The highest BCUT2D eigenvalue weighted by molar-refractivity contribution is 8.00. The number of benzene rings is 1. The first-order chi connectivity index (χ1) is 11.6. The predicted molar refractivity (Wildman–Crippen MR) is 101 cm³/mol. The van der Waals surface area contributed by atoms with Crippen LogP contribution in [-0.4, -0.2) is 48.7 Å². The third kappa shape index (κ3) is 6.07. The molecule has 0 radical (unpaired) electrons. The van der Waals surface area contributed by atoms with Crippen molar-refractivity contribution < 1.29 is 13.2 Å². The Balaban J connectivity index is 1.91. The maximum atomic E-state index is 11.9. The molecular weight excluding hydrogens is 380 g/mol. The number of carbonyl (C=O) groups is 1. The Morgan fingerprint density at radius 3 is 2.72 bits per heavy atom. The summed E-state index contributed by atoms with van der Waals surface area (Å²) in [7, 11) is -2.05. The standard InChI is InChI=1S/C15H20N4O3S3/c1-10-5-6-11(2)12(7-10)9-23-15-18-17-14(24-15)16-13(20)8-19(3)25(4,21)22/h5-7H,8-9H2,1-4H3,(H,16,17,20). The van der Waals surface area contributed by atoms with Gasteiger partial charge in [0.05, 0.1) is 12.8 Å². The van der Waals surface area contributed by atoms with Crippen molar-refractivity contribution in [1.29, 1.82) is 0 Å². The summed E-state index contributed by atoms with van der Waals surface area (Å²) in [5.41, 5.74) is 3.67. The molecule has 2 aromatic rings. The summed E-state index contributed by atoms with van der Waals surface area (Å²) in [5, 5.41) is 10.9. The first-order valence-corrected chi connectivity index (χ1v) is 11.0. The fourth-order valence-corrected chi connectivity index (χ4v) is 4.08. The molecule has 136 valence electrons. The van der Waals surface area contributed by atoms with Gasteiger partial charge in [-0.3, -0.25) is 10.1 Å². The Labute approximate surface area is 155 Å². The molecule has 0 bridgehead atoms. The third-order valence-corrected chi connectivity index (χ3v) is 6.72. The zero-order valence-corrected chi connectivity index (χ0v) is 16.9. The van der Waals surface area contributed by atoms with Crippen LogP contribution in [-0.2, 0) is 20.6 Å². The number of nitrogens with one attached hydrogen (secondary N) is 1. The fraction of sp³-hybridized carbons (Fsp3) is 0.400. The molecule has 0 atom stereocenters. The van der Waals surface area contributed by atoms with Gasteiger partial charge < -0.3 is 0 Å². The molecule has 0 saturated carbocycles. The molecule has 0 aliphatic heterocycles. The molecule has 7 nitrogen and oxygen atoms in total. The van der Waals surface area contributed by atoms with Gasteiger partial charge in [-0.25, -0.2) is 8.42 Å². The Bertz CT molecular complexity index is 865. The van der Waals surface area contributed by atoms with Gasteiger partial charge in [-0.05, 0) is 25.0 Å². The van der Waals surface area contributed by atoms with Crippen molar-refractivity contribution in [3.8, 4) is 0 Å². The molecule has 0 aliphatic carbocycles. The normalized spacial score (nSPS) is 11.7. The number of sulfonamides is 1. The van der Waals surface area contributed by atoms with Gasteiger partial charge in [-0.15, -0.1) is 10.2 Å². The maximum absolute atomic E-state index is 11.9. The van der Waals surface area contributed by atoms with E-state index >= 15 is 0 Å². The number of thioether (sulfide) groups is 1. The number of likely N-dealkylation sites (N-methyl/N-ethyl adjacent to an activating group) is 1. The average molecular weight is 401 g/mol. The first-order valence-electron chi connectivity index (χ1n) is 7.39. The van der Waals surface area contributed by atoms with Gasteiger partial charge >= 0.3 is 0 Å². The minimum atomic E-state index is -3.40. The van der Waals surface area contributed by atoms with E-state index < -0.39 is 15.9 Å². The Hall–Kier alpha value is -1.49. The van der Waals surface area contributed by atoms with E-state index in [0.29, 0.717) is 5.13 Å². The fourth-order valence-electron chi connectivity index (χ4n) is 1.89. The second-order valence-corrected chi connectivity index (χ2v) is 9.95. The van der Waals surface area contributed by atoms with Crippen LogP contribution in [0.2, 0.25) is 0 Å². The van der Waals surface area contributed by atoms with Crippen LogP contribution in [0.25, 0.3) is 0 Å². The lowest BCUT2D eigenvalue weighted by molar-refractivity contribution is -0.116. The molecule has 10 heteroatoms. The van der Waals surface area contributed by atoms with E-state index in [1.165, 1.54) is 35.1 Å². The van der Waals surface area contributed by atoms with E-state index in [-0.39, 0.29) is 6.54 Å². The predicted octanol–water partition coefficient (Wildman–Crippen LogP) is 2.28. The number of amides is 1. The van der Waals surface area contributed by atoms with E-state index in [2.05, 4.69) is 47.6 Å². The number of rotatable bonds is 7. The molecule has 0 fully saturated rings. The van der Waals surface area contributed by atoms with Gasteiger partial charge in [0.2, 0.25) is 21.1 Å². The smallest absolute Gasteiger partial charge is 0.241 e. The molecule has 0 saturated heterocycles. The van der Waals surface area contributed by atoms with Crippen molar-refractivity contribution in [2.24, 2.45) is 0 Å². The molecule has 25 heavy (non-hydrogen) atoms. The molecular formula is C15H20N4O3S3. The topological polar surface area (TPSA) is 92.3 Å². The summed E-state index contributed by atoms with van der Waals surface area (Å²) in [6.45, 7) is 3.86. The summed E-state index contributed by atoms with van der Waals surface area (Å²) in [4.78, 5) is 11.9. The van der Waals surface area contributed by atoms with Crippen molar-refractivity contribution in [2.45, 2.75) is 23.9 Å². The molecule has 1 amide bonds. The molecule has 1 heterocycles. The van der Waals surface area contributed by atoms with E-state index in [0.717, 1.165) is 20.7 Å². The number of anilines is 1. The van der Waals surface area contributed by atoms with Crippen molar-refractivity contribution in [2.75, 3.05) is 25.2 Å². The minimum absolute atomic E-state index is 0.261. The molecule has 1 aromatic heterocycles. The summed E-state index contributed by atoms with van der Waals surface area (Å²) < 4.78 is 24.3. The number of carbonyl (C=O) groups excluding carboxylic acids is 1. The Morgan fingerprint density at radius 1 is 1.32 bits per heavy atom. The minimum Gasteiger partial charge on any atom is -0.299 e. The van der Waals surface area contributed by atoms with E-state index in [1.807, 2.05) is 0 Å². The summed E-state index contributed by atoms with van der Waals surface area (Å²) in [6.07, 6.45) is 1.05. The van der Waals surface area contributed by atoms with Gasteiger partial charge in [-0.1, -0.05) is 46.9 Å². The lowest BCUT2D eigenvalue weighted by Crippen LogP contribution is -2.34. The van der Waals surface area contributed by atoms with Crippen LogP contribution in [0.4, 0.5) is 5.13 Å².